The monoisotopic (exact) mass is 442 g/mol. The quantitative estimate of drug-likeness (QED) is 0.143. The van der Waals surface area contributed by atoms with Crippen molar-refractivity contribution in [2.45, 2.75) is 96.4 Å². The Morgan fingerprint density at radius 1 is 0.938 bits per heavy atom. The summed E-state index contributed by atoms with van der Waals surface area (Å²) in [5.74, 6) is -0.137. The lowest BCUT2D eigenvalue weighted by Gasteiger charge is -2.12. The van der Waals surface area contributed by atoms with Crippen molar-refractivity contribution in [2.24, 2.45) is 0 Å². The highest BCUT2D eigenvalue weighted by atomic mass is 16.7. The van der Waals surface area contributed by atoms with Crippen molar-refractivity contribution < 1.29 is 19.0 Å². The fourth-order valence-electron chi connectivity index (χ4n) is 3.66. The molecule has 0 bridgehead atoms. The Morgan fingerprint density at radius 2 is 1.62 bits per heavy atom. The molecule has 1 aliphatic rings. The van der Waals surface area contributed by atoms with Gasteiger partial charge in [-0.1, -0.05) is 93.7 Å². The van der Waals surface area contributed by atoms with Gasteiger partial charge in [-0.2, -0.15) is 0 Å². The number of esters is 1. The molecular formula is C28H42O4. The van der Waals surface area contributed by atoms with E-state index in [1.54, 1.807) is 0 Å². The number of allylic oxidation sites excluding steroid dienone is 4. The zero-order chi connectivity index (χ0) is 22.7. The van der Waals surface area contributed by atoms with E-state index in [2.05, 4.69) is 31.2 Å². The van der Waals surface area contributed by atoms with Crippen LogP contribution in [0.3, 0.4) is 0 Å². The molecule has 1 aliphatic heterocycles. The van der Waals surface area contributed by atoms with Gasteiger partial charge in [-0.25, -0.2) is 0 Å². The molecule has 0 aliphatic carbocycles. The third kappa shape index (κ3) is 12.2. The minimum Gasteiger partial charge on any atom is -0.463 e. The van der Waals surface area contributed by atoms with Gasteiger partial charge in [-0.15, -0.1) is 0 Å². The Balaban J connectivity index is 1.38. The van der Waals surface area contributed by atoms with E-state index in [0.717, 1.165) is 31.2 Å². The van der Waals surface area contributed by atoms with Gasteiger partial charge in [0.1, 0.15) is 12.7 Å². The first-order valence-corrected chi connectivity index (χ1v) is 12.6. The zero-order valence-electron chi connectivity index (χ0n) is 19.9. The van der Waals surface area contributed by atoms with Gasteiger partial charge in [0, 0.05) is 12.0 Å². The molecule has 0 aromatic heterocycles. The Morgan fingerprint density at radius 3 is 2.38 bits per heavy atom. The summed E-state index contributed by atoms with van der Waals surface area (Å²) in [6.45, 7) is 2.96. The third-order valence-electron chi connectivity index (χ3n) is 5.58. The van der Waals surface area contributed by atoms with Gasteiger partial charge in [0.25, 0.3) is 0 Å². The van der Waals surface area contributed by atoms with E-state index < -0.39 is 0 Å². The Kier molecular flexibility index (Phi) is 14.5. The summed E-state index contributed by atoms with van der Waals surface area (Å²) in [7, 11) is 0. The molecule has 0 spiro atoms. The highest BCUT2D eigenvalue weighted by Gasteiger charge is 2.28. The summed E-state index contributed by atoms with van der Waals surface area (Å²) in [6, 6.07) is 9.83. The van der Waals surface area contributed by atoms with Crippen LogP contribution in [0, 0.1) is 0 Å². The average molecular weight is 443 g/mol. The number of ether oxygens (including phenoxy) is 3. The number of benzene rings is 1. The van der Waals surface area contributed by atoms with Gasteiger partial charge in [0.15, 0.2) is 6.29 Å². The van der Waals surface area contributed by atoms with Crippen LogP contribution in [-0.2, 0) is 19.0 Å². The van der Waals surface area contributed by atoms with E-state index in [4.69, 9.17) is 14.2 Å². The Bertz CT molecular complexity index is 653. The molecule has 32 heavy (non-hydrogen) atoms. The first kappa shape index (κ1) is 26.3. The van der Waals surface area contributed by atoms with Crippen molar-refractivity contribution in [3.63, 3.8) is 0 Å². The second-order valence-electron chi connectivity index (χ2n) is 8.50. The van der Waals surface area contributed by atoms with Crippen molar-refractivity contribution in [2.75, 3.05) is 13.2 Å². The molecule has 4 nitrogen and oxygen atoms in total. The lowest BCUT2D eigenvalue weighted by atomic mass is 10.1. The molecular weight excluding hydrogens is 400 g/mol. The summed E-state index contributed by atoms with van der Waals surface area (Å²) in [5, 5.41) is 0. The molecule has 0 amide bonds. The van der Waals surface area contributed by atoms with Crippen LogP contribution in [0.2, 0.25) is 0 Å². The van der Waals surface area contributed by atoms with E-state index in [1.807, 2.05) is 30.3 Å². The van der Waals surface area contributed by atoms with Crippen LogP contribution < -0.4 is 0 Å². The molecule has 0 saturated carbocycles. The SMILES string of the molecule is CCCCC/C=C/C/C=C/CCCCCCCC(=O)OC[C@@H]1CO[C@@H](c2ccccc2)O1. The van der Waals surface area contributed by atoms with Crippen molar-refractivity contribution in [1.29, 1.82) is 0 Å². The molecule has 1 aromatic carbocycles. The minimum atomic E-state index is -0.359. The van der Waals surface area contributed by atoms with Gasteiger partial charge in [-0.3, -0.25) is 4.79 Å². The zero-order valence-corrected chi connectivity index (χ0v) is 19.9. The number of hydrogen-bond donors (Lipinski definition) is 0. The van der Waals surface area contributed by atoms with E-state index >= 15 is 0 Å². The van der Waals surface area contributed by atoms with Crippen LogP contribution >= 0.6 is 0 Å². The molecule has 1 fully saturated rings. The highest BCUT2D eigenvalue weighted by Crippen LogP contribution is 2.26. The molecule has 0 radical (unpaired) electrons. The molecule has 0 unspecified atom stereocenters. The minimum absolute atomic E-state index is 0.137. The molecule has 1 heterocycles. The molecule has 4 heteroatoms. The van der Waals surface area contributed by atoms with Crippen molar-refractivity contribution in [3.05, 3.63) is 60.2 Å². The molecule has 2 rings (SSSR count). The van der Waals surface area contributed by atoms with Crippen LogP contribution in [-0.4, -0.2) is 25.3 Å². The summed E-state index contributed by atoms with van der Waals surface area (Å²) in [6.07, 6.45) is 22.1. The van der Waals surface area contributed by atoms with Crippen molar-refractivity contribution in [1.82, 2.24) is 0 Å². The second-order valence-corrected chi connectivity index (χ2v) is 8.50. The molecule has 178 valence electrons. The first-order valence-electron chi connectivity index (χ1n) is 12.6. The highest BCUT2D eigenvalue weighted by molar-refractivity contribution is 5.69. The predicted octanol–water partition coefficient (Wildman–Crippen LogP) is 7.46. The maximum Gasteiger partial charge on any atom is 0.305 e. The maximum atomic E-state index is 12.0. The van der Waals surface area contributed by atoms with Gasteiger partial charge < -0.3 is 14.2 Å². The first-order chi connectivity index (χ1) is 15.8. The van der Waals surface area contributed by atoms with Gasteiger partial charge >= 0.3 is 5.97 Å². The number of hydrogen-bond acceptors (Lipinski definition) is 4. The summed E-state index contributed by atoms with van der Waals surface area (Å²) in [4.78, 5) is 12.0. The Labute approximate surface area is 195 Å². The average Bonchev–Trinajstić information content (AvgIpc) is 3.30. The largest absolute Gasteiger partial charge is 0.463 e. The third-order valence-corrected chi connectivity index (χ3v) is 5.58. The van der Waals surface area contributed by atoms with Crippen LogP contribution in [0.25, 0.3) is 0 Å². The van der Waals surface area contributed by atoms with E-state index in [-0.39, 0.29) is 25.0 Å². The normalized spacial score (nSPS) is 18.7. The predicted molar refractivity (Wildman–Crippen MR) is 130 cm³/mol. The van der Waals surface area contributed by atoms with Gasteiger partial charge in [0.2, 0.25) is 0 Å². The fraction of sp³-hybridized carbons (Fsp3) is 0.607. The molecule has 1 saturated heterocycles. The standard InChI is InChI=1S/C28H42O4/c1-2-3-4-5-6-7-8-9-10-11-12-13-14-15-19-22-27(29)30-23-26-24-31-28(32-26)25-20-17-16-18-21-25/h6-7,9-10,16-18,20-21,26,28H,2-5,8,11-15,19,22-24H2,1H3/b7-6+,10-9+/t26-,28-/m1/s1. The number of carbonyl (C=O) groups excluding carboxylic acids is 1. The fourth-order valence-corrected chi connectivity index (χ4v) is 3.66. The second kappa shape index (κ2) is 17.6. The van der Waals surface area contributed by atoms with E-state index in [1.165, 1.54) is 44.9 Å². The van der Waals surface area contributed by atoms with E-state index in [9.17, 15) is 4.79 Å². The topological polar surface area (TPSA) is 44.8 Å². The number of carbonyl (C=O) groups is 1. The van der Waals surface area contributed by atoms with Crippen molar-refractivity contribution in [3.8, 4) is 0 Å². The van der Waals surface area contributed by atoms with Crippen LogP contribution in [0.4, 0.5) is 0 Å². The lowest BCUT2D eigenvalue weighted by molar-refractivity contribution is -0.148. The molecule has 1 aromatic rings. The van der Waals surface area contributed by atoms with Crippen molar-refractivity contribution >= 4 is 5.97 Å². The van der Waals surface area contributed by atoms with Gasteiger partial charge in [-0.05, 0) is 38.5 Å². The number of rotatable bonds is 17. The maximum absolute atomic E-state index is 12.0. The summed E-state index contributed by atoms with van der Waals surface area (Å²) in [5.41, 5.74) is 0.992. The number of unbranched alkanes of at least 4 members (excludes halogenated alkanes) is 8. The van der Waals surface area contributed by atoms with Crippen LogP contribution in [0.15, 0.2) is 54.6 Å². The van der Waals surface area contributed by atoms with Crippen LogP contribution in [0.5, 0.6) is 0 Å². The molecule has 0 N–H and O–H groups in total. The Hall–Kier alpha value is -1.91. The van der Waals surface area contributed by atoms with Crippen LogP contribution in [0.1, 0.15) is 95.8 Å². The summed E-state index contributed by atoms with van der Waals surface area (Å²) < 4.78 is 16.8. The summed E-state index contributed by atoms with van der Waals surface area (Å²) >= 11 is 0. The lowest BCUT2D eigenvalue weighted by Crippen LogP contribution is -2.20. The molecule has 2 atom stereocenters. The smallest absolute Gasteiger partial charge is 0.305 e. The van der Waals surface area contributed by atoms with Gasteiger partial charge in [0.05, 0.1) is 6.61 Å². The van der Waals surface area contributed by atoms with E-state index in [0.29, 0.717) is 13.0 Å².